The maximum absolute atomic E-state index is 13.0. The van der Waals surface area contributed by atoms with E-state index in [-0.39, 0.29) is 24.1 Å². The second-order valence-electron chi connectivity index (χ2n) is 7.99. The number of nitrogens with zero attached hydrogens (tertiary/aromatic N) is 4. The van der Waals surface area contributed by atoms with Crippen LogP contribution >= 0.6 is 0 Å². The summed E-state index contributed by atoms with van der Waals surface area (Å²) in [5.41, 5.74) is 0.643. The molecule has 8 heteroatoms. The van der Waals surface area contributed by atoms with Crippen molar-refractivity contribution in [1.82, 2.24) is 14.5 Å². The molecule has 0 bridgehead atoms. The number of aromatic nitrogens is 2. The lowest BCUT2D eigenvalue weighted by Gasteiger charge is -2.40. The Kier molecular flexibility index (Phi) is 7.33. The lowest BCUT2D eigenvalue weighted by molar-refractivity contribution is 0.0514. The largest absolute Gasteiger partial charge is 0.489 e. The van der Waals surface area contributed by atoms with E-state index in [1.807, 2.05) is 30.1 Å². The fourth-order valence-electron chi connectivity index (χ4n) is 4.34. The third kappa shape index (κ3) is 4.74. The first kappa shape index (κ1) is 22.8. The Balaban J connectivity index is 2.09. The maximum atomic E-state index is 13.0. The van der Waals surface area contributed by atoms with E-state index >= 15 is 0 Å². The first-order valence-electron chi connectivity index (χ1n) is 10.7. The van der Waals surface area contributed by atoms with Crippen molar-refractivity contribution in [3.63, 3.8) is 0 Å². The molecule has 0 radical (unpaired) electrons. The number of benzene rings is 1. The number of rotatable bonds is 7. The van der Waals surface area contributed by atoms with Gasteiger partial charge in [-0.2, -0.15) is 0 Å². The van der Waals surface area contributed by atoms with Gasteiger partial charge in [0.15, 0.2) is 5.69 Å². The summed E-state index contributed by atoms with van der Waals surface area (Å²) >= 11 is 0. The van der Waals surface area contributed by atoms with Crippen LogP contribution in [0.25, 0.3) is 0 Å². The van der Waals surface area contributed by atoms with Crippen molar-refractivity contribution < 1.29 is 14.3 Å². The highest BCUT2D eigenvalue weighted by atomic mass is 16.5. The summed E-state index contributed by atoms with van der Waals surface area (Å²) in [5.74, 6) is 0.0196. The number of carbonyl (C=O) groups is 1. The molecule has 2 heterocycles. The Morgan fingerprint density at radius 1 is 1.23 bits per heavy atom. The summed E-state index contributed by atoms with van der Waals surface area (Å²) in [6, 6.07) is 10.3. The van der Waals surface area contributed by atoms with Crippen LogP contribution < -0.4 is 15.2 Å². The minimum absolute atomic E-state index is 0.0106. The molecule has 1 aliphatic rings. The van der Waals surface area contributed by atoms with Crippen molar-refractivity contribution in [3.8, 4) is 5.75 Å². The van der Waals surface area contributed by atoms with Crippen LogP contribution in [0.5, 0.6) is 5.75 Å². The number of hydrogen-bond donors (Lipinski definition) is 0. The lowest BCUT2D eigenvalue weighted by Crippen LogP contribution is -2.40. The molecule has 1 aliphatic heterocycles. The van der Waals surface area contributed by atoms with Crippen LogP contribution in [0.1, 0.15) is 41.9 Å². The van der Waals surface area contributed by atoms with Crippen LogP contribution in [0, 0.1) is 5.92 Å². The molecule has 1 unspecified atom stereocenters. The van der Waals surface area contributed by atoms with Gasteiger partial charge in [0.1, 0.15) is 0 Å². The SMILES string of the molecule is CCOC(=O)c1nc(N(C)C(c2ccccc2)C2CCN(C)CC2)n(C)c(=O)c1OC. The van der Waals surface area contributed by atoms with Crippen LogP contribution in [-0.4, -0.2) is 61.3 Å². The number of esters is 1. The average Bonchev–Trinajstić information content (AvgIpc) is 2.77. The van der Waals surface area contributed by atoms with Crippen molar-refractivity contribution in [2.45, 2.75) is 25.8 Å². The zero-order chi connectivity index (χ0) is 22.5. The predicted octanol–water partition coefficient (Wildman–Crippen LogP) is 2.48. The molecule has 2 aromatic rings. The van der Waals surface area contributed by atoms with E-state index in [1.54, 1.807) is 14.0 Å². The van der Waals surface area contributed by atoms with Gasteiger partial charge in [-0.1, -0.05) is 30.3 Å². The van der Waals surface area contributed by atoms with Crippen LogP contribution in [0.15, 0.2) is 35.1 Å². The van der Waals surface area contributed by atoms with E-state index < -0.39 is 11.5 Å². The number of piperidine rings is 1. The Labute approximate surface area is 183 Å². The van der Waals surface area contributed by atoms with Crippen molar-refractivity contribution in [1.29, 1.82) is 0 Å². The molecule has 0 aliphatic carbocycles. The van der Waals surface area contributed by atoms with Gasteiger partial charge in [0.2, 0.25) is 11.7 Å². The summed E-state index contributed by atoms with van der Waals surface area (Å²) in [7, 11) is 7.07. The Bertz CT molecular complexity index is 952. The van der Waals surface area contributed by atoms with Gasteiger partial charge in [-0.3, -0.25) is 9.36 Å². The highest BCUT2D eigenvalue weighted by molar-refractivity contribution is 5.90. The Morgan fingerprint density at radius 3 is 2.45 bits per heavy atom. The number of ether oxygens (including phenoxy) is 2. The summed E-state index contributed by atoms with van der Waals surface area (Å²) in [4.78, 5) is 34.4. The fraction of sp³-hybridized carbons (Fsp3) is 0.522. The van der Waals surface area contributed by atoms with Crippen LogP contribution in [0.2, 0.25) is 0 Å². The van der Waals surface area contributed by atoms with Crippen molar-refractivity contribution >= 4 is 11.9 Å². The first-order valence-corrected chi connectivity index (χ1v) is 10.7. The highest BCUT2D eigenvalue weighted by Gasteiger charge is 2.33. The van der Waals surface area contributed by atoms with Gasteiger partial charge >= 0.3 is 5.97 Å². The minimum Gasteiger partial charge on any atom is -0.489 e. The van der Waals surface area contributed by atoms with E-state index in [2.05, 4.69) is 29.1 Å². The minimum atomic E-state index is -0.665. The normalized spacial score (nSPS) is 16.0. The van der Waals surface area contributed by atoms with Crippen molar-refractivity contribution in [2.75, 3.05) is 45.8 Å². The molecule has 0 saturated carbocycles. The molecule has 1 fully saturated rings. The van der Waals surface area contributed by atoms with Gasteiger partial charge in [-0.05, 0) is 51.4 Å². The Morgan fingerprint density at radius 2 is 1.87 bits per heavy atom. The molecule has 1 saturated heterocycles. The zero-order valence-corrected chi connectivity index (χ0v) is 19.0. The molecule has 8 nitrogen and oxygen atoms in total. The Hall–Kier alpha value is -2.87. The summed E-state index contributed by atoms with van der Waals surface area (Å²) < 4.78 is 11.8. The number of anilines is 1. The number of hydrogen-bond acceptors (Lipinski definition) is 7. The van der Waals surface area contributed by atoms with E-state index in [0.29, 0.717) is 11.9 Å². The smallest absolute Gasteiger partial charge is 0.361 e. The third-order valence-electron chi connectivity index (χ3n) is 5.98. The van der Waals surface area contributed by atoms with Gasteiger partial charge < -0.3 is 19.3 Å². The first-order chi connectivity index (χ1) is 14.9. The number of likely N-dealkylation sites (tertiary alicyclic amines) is 1. The van der Waals surface area contributed by atoms with Crippen LogP contribution in [-0.2, 0) is 11.8 Å². The van der Waals surface area contributed by atoms with Gasteiger partial charge in [0.25, 0.3) is 5.56 Å². The second-order valence-corrected chi connectivity index (χ2v) is 7.99. The zero-order valence-electron chi connectivity index (χ0n) is 19.0. The standard InChI is InChI=1S/C23H32N4O4/c1-6-31-22(29)18-20(30-5)21(28)27(4)23(24-18)26(3)19(16-10-8-7-9-11-16)17-12-14-25(2)15-13-17/h7-11,17,19H,6,12-15H2,1-5H3. The molecular formula is C23H32N4O4. The van der Waals surface area contributed by atoms with Crippen molar-refractivity contribution in [3.05, 3.63) is 51.9 Å². The van der Waals surface area contributed by atoms with Gasteiger partial charge in [-0.15, -0.1) is 0 Å². The van der Waals surface area contributed by atoms with E-state index in [9.17, 15) is 9.59 Å². The number of carbonyl (C=O) groups excluding carboxylic acids is 1. The van der Waals surface area contributed by atoms with Gasteiger partial charge in [0.05, 0.1) is 19.8 Å². The lowest BCUT2D eigenvalue weighted by atomic mass is 9.84. The monoisotopic (exact) mass is 428 g/mol. The molecule has 0 amide bonds. The fourth-order valence-corrected chi connectivity index (χ4v) is 4.34. The van der Waals surface area contributed by atoms with Crippen LogP contribution in [0.3, 0.4) is 0 Å². The predicted molar refractivity (Wildman–Crippen MR) is 120 cm³/mol. The highest BCUT2D eigenvalue weighted by Crippen LogP contribution is 2.36. The van der Waals surface area contributed by atoms with E-state index in [4.69, 9.17) is 9.47 Å². The average molecular weight is 429 g/mol. The van der Waals surface area contributed by atoms with E-state index in [0.717, 1.165) is 31.5 Å². The molecule has 0 N–H and O–H groups in total. The number of methoxy groups -OCH3 is 1. The summed E-state index contributed by atoms with van der Waals surface area (Å²) in [5, 5.41) is 0. The molecular weight excluding hydrogens is 396 g/mol. The quantitative estimate of drug-likeness (QED) is 0.627. The topological polar surface area (TPSA) is 76.9 Å². The molecule has 3 rings (SSSR count). The maximum Gasteiger partial charge on any atom is 0.361 e. The van der Waals surface area contributed by atoms with Crippen LogP contribution in [0.4, 0.5) is 5.95 Å². The van der Waals surface area contributed by atoms with Gasteiger partial charge in [0, 0.05) is 14.1 Å². The summed E-state index contributed by atoms with van der Waals surface area (Å²) in [6.07, 6.45) is 2.07. The molecule has 31 heavy (non-hydrogen) atoms. The molecule has 168 valence electrons. The molecule has 1 aromatic carbocycles. The third-order valence-corrected chi connectivity index (χ3v) is 5.98. The summed E-state index contributed by atoms with van der Waals surface area (Å²) in [6.45, 7) is 3.94. The van der Waals surface area contributed by atoms with Gasteiger partial charge in [-0.25, -0.2) is 9.78 Å². The molecule has 0 spiro atoms. The molecule has 1 atom stereocenters. The molecule has 1 aromatic heterocycles. The van der Waals surface area contributed by atoms with E-state index in [1.165, 1.54) is 11.7 Å². The second kappa shape index (κ2) is 9.96. The van der Waals surface area contributed by atoms with Crippen molar-refractivity contribution in [2.24, 2.45) is 13.0 Å².